The average molecular weight is 628 g/mol. The third-order valence-electron chi connectivity index (χ3n) is 7.00. The molecule has 3 aromatic carbocycles. The number of rotatable bonds is 9. The van der Waals surface area contributed by atoms with Gasteiger partial charge in [0.1, 0.15) is 41.5 Å². The van der Waals surface area contributed by atoms with Crippen LogP contribution in [0.2, 0.25) is 0 Å². The molecule has 1 aliphatic heterocycles. The maximum atomic E-state index is 14.1. The maximum absolute atomic E-state index is 14.1. The van der Waals surface area contributed by atoms with Crippen molar-refractivity contribution in [3.63, 3.8) is 0 Å². The van der Waals surface area contributed by atoms with E-state index in [1.807, 2.05) is 31.2 Å². The molecular weight excluding hydrogens is 602 g/mol. The lowest BCUT2D eigenvalue weighted by molar-refractivity contribution is -0.132. The van der Waals surface area contributed by atoms with Gasteiger partial charge in [-0.2, -0.15) is 0 Å². The zero-order chi connectivity index (χ0) is 30.8. The number of aromatic nitrogens is 2. The number of aryl methyl sites for hydroxylation is 2. The first-order valence-corrected chi connectivity index (χ1v) is 15.4. The van der Waals surface area contributed by atoms with Crippen LogP contribution in [0.1, 0.15) is 39.8 Å². The molecule has 0 aliphatic carbocycles. The van der Waals surface area contributed by atoms with Gasteiger partial charge in [0.05, 0.1) is 5.57 Å². The SMILES string of the molecule is Cc1cccc(COc2ccc(/C(O)=C3\C(=O)C(=O)N(c4nnc(SCc5ccccc5F)s4)C3c3ccc(C)o3)cc2)c1. The molecule has 3 heterocycles. The maximum Gasteiger partial charge on any atom is 0.302 e. The molecule has 1 N–H and O–H groups in total. The Morgan fingerprint density at radius 1 is 1.02 bits per heavy atom. The summed E-state index contributed by atoms with van der Waals surface area (Å²) in [5.74, 6) is -0.677. The molecule has 1 aliphatic rings. The molecule has 11 heteroatoms. The van der Waals surface area contributed by atoms with E-state index in [4.69, 9.17) is 9.15 Å². The van der Waals surface area contributed by atoms with Gasteiger partial charge in [0.15, 0.2) is 4.34 Å². The second kappa shape index (κ2) is 12.5. The summed E-state index contributed by atoms with van der Waals surface area (Å²) in [6.07, 6.45) is 0. The summed E-state index contributed by atoms with van der Waals surface area (Å²) in [5.41, 5.74) is 2.87. The molecule has 1 fully saturated rings. The summed E-state index contributed by atoms with van der Waals surface area (Å²) in [6.45, 7) is 4.13. The molecule has 1 unspecified atom stereocenters. The zero-order valence-electron chi connectivity index (χ0n) is 23.7. The number of carbonyl (C=O) groups is 2. The summed E-state index contributed by atoms with van der Waals surface area (Å²) in [6, 6.07) is 23.4. The standard InChI is InChI=1S/C33H26FN3O5S2/c1-19-6-5-7-21(16-19)17-41-24-13-11-22(12-14-24)29(38)27-28(26-15-10-20(2)42-26)37(31(40)30(27)39)32-35-36-33(44-32)43-18-23-8-3-4-9-25(23)34/h3-16,28,38H,17-18H2,1-2H3/b29-27+. The Morgan fingerprint density at radius 3 is 2.55 bits per heavy atom. The average Bonchev–Trinajstić information content (AvgIpc) is 3.73. The van der Waals surface area contributed by atoms with Gasteiger partial charge >= 0.3 is 5.91 Å². The molecule has 5 aromatic rings. The molecule has 1 saturated heterocycles. The first-order chi connectivity index (χ1) is 21.3. The van der Waals surface area contributed by atoms with Gasteiger partial charge in [0, 0.05) is 11.3 Å². The van der Waals surface area contributed by atoms with Crippen LogP contribution >= 0.6 is 23.1 Å². The van der Waals surface area contributed by atoms with Gasteiger partial charge in [-0.25, -0.2) is 4.39 Å². The highest BCUT2D eigenvalue weighted by molar-refractivity contribution is 8.00. The Morgan fingerprint density at radius 2 is 1.82 bits per heavy atom. The first-order valence-electron chi connectivity index (χ1n) is 13.6. The van der Waals surface area contributed by atoms with Crippen molar-refractivity contribution in [2.24, 2.45) is 0 Å². The second-order valence-corrected chi connectivity index (χ2v) is 12.3. The number of ketones is 1. The summed E-state index contributed by atoms with van der Waals surface area (Å²) < 4.78 is 26.3. The Hall–Kier alpha value is -4.74. The first kappa shape index (κ1) is 29.3. The molecule has 1 amide bonds. The predicted octanol–water partition coefficient (Wildman–Crippen LogP) is 7.38. The van der Waals surface area contributed by atoms with Gasteiger partial charge in [-0.3, -0.25) is 14.5 Å². The van der Waals surface area contributed by atoms with Crippen LogP contribution in [0.25, 0.3) is 5.76 Å². The number of amides is 1. The molecule has 0 radical (unpaired) electrons. The molecule has 44 heavy (non-hydrogen) atoms. The van der Waals surface area contributed by atoms with Crippen LogP contribution in [0.15, 0.2) is 99.3 Å². The third kappa shape index (κ3) is 6.01. The Labute approximate surface area is 260 Å². The fraction of sp³-hybridized carbons (Fsp3) is 0.152. The molecule has 2 aromatic heterocycles. The highest BCUT2D eigenvalue weighted by Gasteiger charge is 2.49. The van der Waals surface area contributed by atoms with E-state index in [1.165, 1.54) is 22.7 Å². The van der Waals surface area contributed by atoms with E-state index in [2.05, 4.69) is 10.2 Å². The Bertz CT molecular complexity index is 1880. The van der Waals surface area contributed by atoms with Gasteiger partial charge in [-0.1, -0.05) is 71.1 Å². The minimum absolute atomic E-state index is 0.131. The molecule has 1 atom stereocenters. The van der Waals surface area contributed by atoms with Crippen LogP contribution in [0, 0.1) is 19.7 Å². The van der Waals surface area contributed by atoms with E-state index < -0.39 is 17.7 Å². The van der Waals surface area contributed by atoms with Gasteiger partial charge in [0.25, 0.3) is 5.78 Å². The van der Waals surface area contributed by atoms with Gasteiger partial charge in [0.2, 0.25) is 5.13 Å². The number of halogens is 1. The van der Waals surface area contributed by atoms with Crippen molar-refractivity contribution in [2.75, 3.05) is 4.90 Å². The van der Waals surface area contributed by atoms with Gasteiger partial charge in [-0.15, -0.1) is 10.2 Å². The van der Waals surface area contributed by atoms with Crippen molar-refractivity contribution in [1.82, 2.24) is 10.2 Å². The van der Waals surface area contributed by atoms with Crippen LogP contribution in [0.3, 0.4) is 0 Å². The zero-order valence-corrected chi connectivity index (χ0v) is 25.3. The van der Waals surface area contributed by atoms with Crippen LogP contribution in [-0.2, 0) is 21.9 Å². The third-order valence-corrected chi connectivity index (χ3v) is 9.11. The molecule has 8 nitrogen and oxygen atoms in total. The van der Waals surface area contributed by atoms with E-state index in [9.17, 15) is 19.1 Å². The van der Waals surface area contributed by atoms with E-state index in [0.717, 1.165) is 22.5 Å². The lowest BCUT2D eigenvalue weighted by Crippen LogP contribution is -2.29. The molecule has 0 saturated carbocycles. The van der Waals surface area contributed by atoms with Crippen molar-refractivity contribution in [1.29, 1.82) is 0 Å². The van der Waals surface area contributed by atoms with Crippen molar-refractivity contribution in [2.45, 2.75) is 36.6 Å². The number of Topliss-reactive ketones (excluding diaryl/α,β-unsaturated/α-hetero) is 1. The number of benzene rings is 3. The number of aliphatic hydroxyl groups is 1. The lowest BCUT2D eigenvalue weighted by Gasteiger charge is -2.20. The second-order valence-electron chi connectivity index (χ2n) is 10.2. The Balaban J connectivity index is 1.28. The van der Waals surface area contributed by atoms with E-state index >= 15 is 0 Å². The number of thioether (sulfide) groups is 1. The normalized spacial score (nSPS) is 16.1. The van der Waals surface area contributed by atoms with Crippen molar-refractivity contribution >= 4 is 45.7 Å². The van der Waals surface area contributed by atoms with E-state index in [0.29, 0.717) is 39.3 Å². The quantitative estimate of drug-likeness (QED) is 0.0593. The minimum Gasteiger partial charge on any atom is -0.507 e. The number of ether oxygens (including phenoxy) is 1. The molecule has 222 valence electrons. The minimum atomic E-state index is -1.07. The van der Waals surface area contributed by atoms with Crippen LogP contribution in [0.4, 0.5) is 9.52 Å². The summed E-state index contributed by atoms with van der Waals surface area (Å²) in [7, 11) is 0. The number of aliphatic hydroxyl groups excluding tert-OH is 1. The van der Waals surface area contributed by atoms with Gasteiger partial charge < -0.3 is 14.3 Å². The number of furan rings is 1. The van der Waals surface area contributed by atoms with Gasteiger partial charge in [-0.05, 0) is 67.4 Å². The topological polar surface area (TPSA) is 106 Å². The van der Waals surface area contributed by atoms with Crippen LogP contribution < -0.4 is 9.64 Å². The number of nitrogens with zero attached hydrogens (tertiary/aromatic N) is 3. The molecule has 6 rings (SSSR count). The highest BCUT2D eigenvalue weighted by Crippen LogP contribution is 2.44. The van der Waals surface area contributed by atoms with Crippen molar-refractivity contribution in [3.8, 4) is 5.75 Å². The predicted molar refractivity (Wildman–Crippen MR) is 166 cm³/mol. The van der Waals surface area contributed by atoms with E-state index in [-0.39, 0.29) is 28.0 Å². The number of hydrogen-bond acceptors (Lipinski definition) is 9. The fourth-order valence-electron chi connectivity index (χ4n) is 4.85. The Kier molecular flexibility index (Phi) is 8.32. The highest BCUT2D eigenvalue weighted by atomic mass is 32.2. The lowest BCUT2D eigenvalue weighted by atomic mass is 9.99. The number of carbonyl (C=O) groups excluding carboxylic acids is 2. The van der Waals surface area contributed by atoms with Crippen molar-refractivity contribution in [3.05, 3.63) is 130 Å². The molecule has 0 spiro atoms. The molecule has 0 bridgehead atoms. The van der Waals surface area contributed by atoms with Crippen LogP contribution in [-0.4, -0.2) is 27.0 Å². The summed E-state index contributed by atoms with van der Waals surface area (Å²) >= 11 is 2.36. The smallest absolute Gasteiger partial charge is 0.302 e. The fourth-order valence-corrected chi connectivity index (χ4v) is 6.70. The number of hydrogen-bond donors (Lipinski definition) is 1. The van der Waals surface area contributed by atoms with Crippen LogP contribution in [0.5, 0.6) is 5.75 Å². The molecular formula is C33H26FN3O5S2. The summed E-state index contributed by atoms with van der Waals surface area (Å²) in [5, 5.41) is 19.9. The van der Waals surface area contributed by atoms with Crippen molar-refractivity contribution < 1.29 is 28.2 Å². The van der Waals surface area contributed by atoms with E-state index in [1.54, 1.807) is 61.5 Å². The largest absolute Gasteiger partial charge is 0.507 e. The monoisotopic (exact) mass is 627 g/mol. The number of anilines is 1. The summed E-state index contributed by atoms with van der Waals surface area (Å²) in [4.78, 5) is 28.1.